The molecule has 1 aliphatic heterocycles. The third-order valence-corrected chi connectivity index (χ3v) is 7.45. The molecule has 0 aromatic heterocycles. The third-order valence-electron chi connectivity index (χ3n) is 4.34. The van der Waals surface area contributed by atoms with E-state index in [9.17, 15) is 9.59 Å². The molecule has 1 atom stereocenters. The van der Waals surface area contributed by atoms with Crippen molar-refractivity contribution in [3.63, 3.8) is 0 Å². The van der Waals surface area contributed by atoms with E-state index in [4.69, 9.17) is 4.74 Å². The number of anilines is 1. The molecule has 0 saturated carbocycles. The van der Waals surface area contributed by atoms with Crippen LogP contribution in [-0.4, -0.2) is 29.5 Å². The van der Waals surface area contributed by atoms with Gasteiger partial charge in [0.05, 0.1) is 10.1 Å². The molecule has 2 aromatic carbocycles. The highest BCUT2D eigenvalue weighted by molar-refractivity contribution is 8.19. The molecule has 4 nitrogen and oxygen atoms in total. The summed E-state index contributed by atoms with van der Waals surface area (Å²) in [5.74, 6) is 1.49. The molecule has 1 heterocycles. The minimum Gasteiger partial charge on any atom is -0.449 e. The predicted molar refractivity (Wildman–Crippen MR) is 114 cm³/mol. The number of hydrogen-bond donors (Lipinski definition) is 1. The van der Waals surface area contributed by atoms with Gasteiger partial charge >= 0.3 is 5.97 Å². The van der Waals surface area contributed by atoms with Gasteiger partial charge in [0, 0.05) is 17.2 Å². The molecule has 2 aromatic rings. The van der Waals surface area contributed by atoms with E-state index in [2.05, 4.69) is 5.32 Å². The van der Waals surface area contributed by atoms with Crippen LogP contribution in [0, 0.1) is 13.8 Å². The second kappa shape index (κ2) is 8.85. The zero-order valence-corrected chi connectivity index (χ0v) is 17.3. The fourth-order valence-corrected chi connectivity index (χ4v) is 5.57. The van der Waals surface area contributed by atoms with E-state index >= 15 is 0 Å². The number of benzene rings is 2. The summed E-state index contributed by atoms with van der Waals surface area (Å²) < 4.78 is 5.79. The van der Waals surface area contributed by atoms with E-state index in [-0.39, 0.29) is 5.91 Å². The van der Waals surface area contributed by atoms with E-state index in [0.29, 0.717) is 10.1 Å². The summed E-state index contributed by atoms with van der Waals surface area (Å²) in [6, 6.07) is 13.3. The Hall–Kier alpha value is -1.92. The van der Waals surface area contributed by atoms with Gasteiger partial charge in [-0.1, -0.05) is 24.3 Å². The van der Waals surface area contributed by atoms with E-state index < -0.39 is 12.1 Å². The van der Waals surface area contributed by atoms with Crippen LogP contribution in [0.3, 0.4) is 0 Å². The molecule has 6 heteroatoms. The quantitative estimate of drug-likeness (QED) is 0.717. The average molecular weight is 402 g/mol. The first kappa shape index (κ1) is 19.8. The number of amides is 1. The third kappa shape index (κ3) is 5.08. The van der Waals surface area contributed by atoms with Crippen LogP contribution >= 0.6 is 23.5 Å². The first-order valence-electron chi connectivity index (χ1n) is 8.86. The first-order chi connectivity index (χ1) is 12.9. The normalized spacial score (nSPS) is 15.4. The molecule has 27 heavy (non-hydrogen) atoms. The Kier molecular flexibility index (Phi) is 6.50. The highest BCUT2D eigenvalue weighted by Gasteiger charge is 2.21. The number of hydrogen-bond acceptors (Lipinski definition) is 5. The van der Waals surface area contributed by atoms with E-state index in [1.54, 1.807) is 19.1 Å². The summed E-state index contributed by atoms with van der Waals surface area (Å²) in [4.78, 5) is 24.7. The lowest BCUT2D eigenvalue weighted by Crippen LogP contribution is -2.30. The average Bonchev–Trinajstić information content (AvgIpc) is 3.19. The lowest BCUT2D eigenvalue weighted by molar-refractivity contribution is -0.123. The van der Waals surface area contributed by atoms with Gasteiger partial charge in [0.25, 0.3) is 5.91 Å². The lowest BCUT2D eigenvalue weighted by Gasteiger charge is -2.15. The van der Waals surface area contributed by atoms with Crippen LogP contribution in [0.4, 0.5) is 5.69 Å². The summed E-state index contributed by atoms with van der Waals surface area (Å²) in [6.45, 7) is 5.47. The summed E-state index contributed by atoms with van der Waals surface area (Å²) >= 11 is 3.84. The van der Waals surface area contributed by atoms with Crippen LogP contribution in [0.5, 0.6) is 0 Å². The van der Waals surface area contributed by atoms with Gasteiger partial charge in [-0.15, -0.1) is 23.5 Å². The summed E-state index contributed by atoms with van der Waals surface area (Å²) in [6.07, 6.45) is -0.877. The maximum absolute atomic E-state index is 12.4. The largest absolute Gasteiger partial charge is 0.449 e. The summed E-state index contributed by atoms with van der Waals surface area (Å²) in [5, 5.41) is 2.83. The molecule has 1 fully saturated rings. The Morgan fingerprint density at radius 3 is 2.41 bits per heavy atom. The molecule has 1 saturated heterocycles. The van der Waals surface area contributed by atoms with Crippen molar-refractivity contribution >= 4 is 41.1 Å². The number of nitrogens with one attached hydrogen (secondary N) is 1. The second-order valence-electron chi connectivity index (χ2n) is 6.55. The Bertz CT molecular complexity index is 830. The minimum atomic E-state index is -0.877. The van der Waals surface area contributed by atoms with Gasteiger partial charge in [0.15, 0.2) is 6.10 Å². The maximum atomic E-state index is 12.4. The molecular weight excluding hydrogens is 378 g/mol. The number of ether oxygens (including phenoxy) is 1. The minimum absolute atomic E-state index is 0.340. The van der Waals surface area contributed by atoms with Crippen molar-refractivity contribution in [1.29, 1.82) is 0 Å². The van der Waals surface area contributed by atoms with Gasteiger partial charge in [0.2, 0.25) is 0 Å². The van der Waals surface area contributed by atoms with E-state index in [0.717, 1.165) is 28.3 Å². The van der Waals surface area contributed by atoms with Crippen molar-refractivity contribution in [2.75, 3.05) is 16.8 Å². The molecule has 0 aliphatic carbocycles. The first-order valence-corrected chi connectivity index (χ1v) is 11.0. The van der Waals surface area contributed by atoms with Gasteiger partial charge in [0.1, 0.15) is 0 Å². The summed E-state index contributed by atoms with van der Waals surface area (Å²) in [5.41, 5.74) is 4.42. The molecule has 0 spiro atoms. The van der Waals surface area contributed by atoms with Crippen LogP contribution in [0.15, 0.2) is 42.5 Å². The highest BCUT2D eigenvalue weighted by atomic mass is 32.2. The van der Waals surface area contributed by atoms with Crippen LogP contribution in [0.2, 0.25) is 0 Å². The van der Waals surface area contributed by atoms with Crippen LogP contribution in [0.1, 0.15) is 38.6 Å². The number of rotatable bonds is 5. The standard InChI is InChI=1S/C21H23NO3S2/c1-13-4-5-14(2)18(12-13)22-19(23)15(3)25-20(24)16-6-8-17(9-7-16)21-26-10-11-27-21/h4-9,12,15,21H,10-11H2,1-3H3,(H,22,23)/t15-/m1/s1. The SMILES string of the molecule is Cc1ccc(C)c(NC(=O)[C@@H](C)OC(=O)c2ccc(C3SCCS3)cc2)c1. The summed E-state index contributed by atoms with van der Waals surface area (Å²) in [7, 11) is 0. The number of aryl methyl sites for hydroxylation is 2. The molecule has 1 N–H and O–H groups in total. The fourth-order valence-electron chi connectivity index (χ4n) is 2.71. The van der Waals surface area contributed by atoms with Crippen molar-refractivity contribution in [2.24, 2.45) is 0 Å². The molecule has 0 unspecified atom stereocenters. The van der Waals surface area contributed by atoms with Crippen molar-refractivity contribution in [2.45, 2.75) is 31.5 Å². The molecule has 3 rings (SSSR count). The predicted octanol–water partition coefficient (Wildman–Crippen LogP) is 4.97. The van der Waals surface area contributed by atoms with Crippen molar-refractivity contribution in [3.8, 4) is 0 Å². The Labute approximate surface area is 168 Å². The zero-order chi connectivity index (χ0) is 19.4. The van der Waals surface area contributed by atoms with E-state index in [1.807, 2.05) is 67.7 Å². The topological polar surface area (TPSA) is 55.4 Å². The Morgan fingerprint density at radius 2 is 1.74 bits per heavy atom. The van der Waals surface area contributed by atoms with E-state index in [1.165, 1.54) is 5.56 Å². The number of esters is 1. The van der Waals surface area contributed by atoms with Gasteiger partial charge in [-0.2, -0.15) is 0 Å². The highest BCUT2D eigenvalue weighted by Crippen LogP contribution is 2.45. The zero-order valence-electron chi connectivity index (χ0n) is 15.7. The number of thioether (sulfide) groups is 2. The smallest absolute Gasteiger partial charge is 0.338 e. The van der Waals surface area contributed by atoms with Crippen molar-refractivity contribution < 1.29 is 14.3 Å². The number of carbonyl (C=O) groups excluding carboxylic acids is 2. The van der Waals surface area contributed by atoms with Crippen molar-refractivity contribution in [1.82, 2.24) is 0 Å². The molecular formula is C21H23NO3S2. The molecule has 0 radical (unpaired) electrons. The van der Waals surface area contributed by atoms with Gasteiger partial charge < -0.3 is 10.1 Å². The molecule has 0 bridgehead atoms. The monoisotopic (exact) mass is 401 g/mol. The Morgan fingerprint density at radius 1 is 1.07 bits per heavy atom. The maximum Gasteiger partial charge on any atom is 0.338 e. The molecule has 142 valence electrons. The molecule has 1 aliphatic rings. The molecule has 1 amide bonds. The van der Waals surface area contributed by atoms with Gasteiger partial charge in [-0.3, -0.25) is 4.79 Å². The Balaban J connectivity index is 1.59. The second-order valence-corrected chi connectivity index (χ2v) is 9.28. The van der Waals surface area contributed by atoms with Crippen molar-refractivity contribution in [3.05, 3.63) is 64.7 Å². The number of carbonyl (C=O) groups is 2. The van der Waals surface area contributed by atoms with Crippen LogP contribution in [0.25, 0.3) is 0 Å². The van der Waals surface area contributed by atoms with Crippen LogP contribution < -0.4 is 5.32 Å². The van der Waals surface area contributed by atoms with Crippen LogP contribution in [-0.2, 0) is 9.53 Å². The van der Waals surface area contributed by atoms with Gasteiger partial charge in [-0.05, 0) is 55.7 Å². The van der Waals surface area contributed by atoms with Gasteiger partial charge in [-0.25, -0.2) is 4.79 Å². The lowest BCUT2D eigenvalue weighted by atomic mass is 10.1. The fraction of sp³-hybridized carbons (Fsp3) is 0.333.